The maximum Gasteiger partial charge on any atom is 0.241 e. The van der Waals surface area contributed by atoms with Crippen molar-refractivity contribution in [3.05, 3.63) is 53.1 Å². The van der Waals surface area contributed by atoms with E-state index in [-0.39, 0.29) is 31.0 Å². The summed E-state index contributed by atoms with van der Waals surface area (Å²) < 4.78 is 37.1. The fourth-order valence-corrected chi connectivity index (χ4v) is 4.33. The molecule has 1 N–H and O–H groups in total. The third kappa shape index (κ3) is 4.64. The molecule has 0 unspecified atom stereocenters. The molecule has 2 aromatic carbocycles. The lowest BCUT2D eigenvalue weighted by atomic mass is 10.00. The molecule has 1 aliphatic heterocycles. The van der Waals surface area contributed by atoms with Gasteiger partial charge in [-0.1, -0.05) is 23.8 Å². The lowest BCUT2D eigenvalue weighted by Gasteiger charge is -2.25. The zero-order chi connectivity index (χ0) is 21.2. The van der Waals surface area contributed by atoms with Crippen LogP contribution in [0.25, 0.3) is 0 Å². The summed E-state index contributed by atoms with van der Waals surface area (Å²) >= 11 is 0. The lowest BCUT2D eigenvalue weighted by Crippen LogP contribution is -2.42. The Hall–Kier alpha value is -2.74. The molecule has 1 heterocycles. The molecule has 0 bridgehead atoms. The van der Waals surface area contributed by atoms with Gasteiger partial charge in [0.15, 0.2) is 11.5 Å². The van der Waals surface area contributed by atoms with Crippen molar-refractivity contribution in [2.75, 3.05) is 23.4 Å². The maximum absolute atomic E-state index is 12.7. The zero-order valence-electron chi connectivity index (χ0n) is 17.1. The number of carbonyl (C=O) groups excluding carboxylic acids is 1. The molecule has 0 spiro atoms. The van der Waals surface area contributed by atoms with E-state index in [9.17, 15) is 13.2 Å². The van der Waals surface area contributed by atoms with Crippen LogP contribution in [0.15, 0.2) is 36.4 Å². The zero-order valence-corrected chi connectivity index (χ0v) is 17.9. The molecule has 2 aromatic rings. The number of amides is 1. The first-order valence-corrected chi connectivity index (χ1v) is 11.1. The number of carbonyl (C=O) groups is 1. The lowest BCUT2D eigenvalue weighted by molar-refractivity contribution is -0.120. The summed E-state index contributed by atoms with van der Waals surface area (Å²) in [5.41, 5.74) is 3.54. The van der Waals surface area contributed by atoms with Crippen LogP contribution in [0.2, 0.25) is 0 Å². The molecule has 29 heavy (non-hydrogen) atoms. The second kappa shape index (κ2) is 8.32. The molecular formula is C21H26N2O5S. The Labute approximate surface area is 171 Å². The van der Waals surface area contributed by atoms with E-state index in [0.717, 1.165) is 21.0 Å². The average molecular weight is 419 g/mol. The van der Waals surface area contributed by atoms with Crippen LogP contribution in [0, 0.1) is 13.8 Å². The molecule has 0 saturated heterocycles. The minimum absolute atomic E-state index is 0.0904. The molecule has 8 heteroatoms. The van der Waals surface area contributed by atoms with Gasteiger partial charge in [-0.3, -0.25) is 9.10 Å². The Bertz CT molecular complexity index is 1020. The second-order valence-electron chi connectivity index (χ2n) is 7.09. The van der Waals surface area contributed by atoms with Crippen molar-refractivity contribution in [3.8, 4) is 11.5 Å². The van der Waals surface area contributed by atoms with E-state index in [1.165, 1.54) is 0 Å². The minimum Gasteiger partial charge on any atom is -0.454 e. The summed E-state index contributed by atoms with van der Waals surface area (Å²) in [6.07, 6.45) is 0. The summed E-state index contributed by atoms with van der Waals surface area (Å²) in [6.45, 7) is 7.19. The van der Waals surface area contributed by atoms with Crippen LogP contribution in [-0.2, 0) is 14.8 Å². The van der Waals surface area contributed by atoms with Gasteiger partial charge in [0, 0.05) is 6.07 Å². The monoisotopic (exact) mass is 418 g/mol. The van der Waals surface area contributed by atoms with Crippen molar-refractivity contribution in [2.45, 2.75) is 33.7 Å². The van der Waals surface area contributed by atoms with E-state index >= 15 is 0 Å². The number of anilines is 1. The van der Waals surface area contributed by atoms with Gasteiger partial charge in [-0.25, -0.2) is 8.42 Å². The number of benzene rings is 2. The molecule has 0 radical (unpaired) electrons. The number of fused-ring (bicyclic) bond motifs is 1. The fourth-order valence-electron chi connectivity index (χ4n) is 3.27. The van der Waals surface area contributed by atoms with Crippen LogP contribution in [0.3, 0.4) is 0 Å². The van der Waals surface area contributed by atoms with Crippen molar-refractivity contribution in [1.82, 2.24) is 5.32 Å². The fraction of sp³-hybridized carbons (Fsp3) is 0.381. The van der Waals surface area contributed by atoms with Crippen LogP contribution in [0.4, 0.5) is 5.69 Å². The molecule has 0 saturated carbocycles. The van der Waals surface area contributed by atoms with Crippen molar-refractivity contribution in [2.24, 2.45) is 0 Å². The van der Waals surface area contributed by atoms with Crippen LogP contribution in [-0.4, -0.2) is 33.4 Å². The van der Waals surface area contributed by atoms with Crippen LogP contribution in [0.5, 0.6) is 11.5 Å². The van der Waals surface area contributed by atoms with E-state index in [0.29, 0.717) is 17.2 Å². The normalized spacial score (nSPS) is 13.8. The third-order valence-corrected chi connectivity index (χ3v) is 6.65. The van der Waals surface area contributed by atoms with E-state index in [4.69, 9.17) is 9.47 Å². The van der Waals surface area contributed by atoms with Gasteiger partial charge in [0.2, 0.25) is 22.7 Å². The van der Waals surface area contributed by atoms with Gasteiger partial charge < -0.3 is 14.8 Å². The third-order valence-electron chi connectivity index (χ3n) is 4.91. The first kappa shape index (κ1) is 21.0. The number of aryl methyl sites for hydroxylation is 2. The van der Waals surface area contributed by atoms with Gasteiger partial charge in [-0.05, 0) is 51.0 Å². The molecular weight excluding hydrogens is 392 g/mol. The molecule has 3 rings (SSSR count). The summed E-state index contributed by atoms with van der Waals surface area (Å²) in [4.78, 5) is 12.7. The number of hydrogen-bond acceptors (Lipinski definition) is 5. The first-order valence-electron chi connectivity index (χ1n) is 9.48. The van der Waals surface area contributed by atoms with Crippen molar-refractivity contribution < 1.29 is 22.7 Å². The highest BCUT2D eigenvalue weighted by Crippen LogP contribution is 2.36. The van der Waals surface area contributed by atoms with E-state index in [1.54, 1.807) is 25.1 Å². The van der Waals surface area contributed by atoms with Crippen molar-refractivity contribution in [3.63, 3.8) is 0 Å². The maximum atomic E-state index is 12.7. The summed E-state index contributed by atoms with van der Waals surface area (Å²) in [6, 6.07) is 10.6. The summed E-state index contributed by atoms with van der Waals surface area (Å²) in [7, 11) is -3.67. The van der Waals surface area contributed by atoms with Crippen molar-refractivity contribution >= 4 is 21.6 Å². The Morgan fingerprint density at radius 1 is 1.14 bits per heavy atom. The Morgan fingerprint density at radius 3 is 2.59 bits per heavy atom. The quantitative estimate of drug-likeness (QED) is 0.747. The van der Waals surface area contributed by atoms with Gasteiger partial charge in [-0.15, -0.1) is 0 Å². The van der Waals surface area contributed by atoms with Crippen LogP contribution >= 0.6 is 0 Å². The average Bonchev–Trinajstić information content (AvgIpc) is 3.15. The van der Waals surface area contributed by atoms with Gasteiger partial charge in [0.05, 0.1) is 17.5 Å². The van der Waals surface area contributed by atoms with Gasteiger partial charge >= 0.3 is 0 Å². The highest BCUT2D eigenvalue weighted by molar-refractivity contribution is 7.92. The molecule has 156 valence electrons. The highest BCUT2D eigenvalue weighted by atomic mass is 32.2. The number of nitrogens with one attached hydrogen (secondary N) is 1. The Morgan fingerprint density at radius 2 is 1.86 bits per heavy atom. The number of rotatable bonds is 7. The topological polar surface area (TPSA) is 84.9 Å². The molecule has 7 nitrogen and oxygen atoms in total. The Balaban J connectivity index is 1.81. The molecule has 1 amide bonds. The molecule has 1 aliphatic rings. The standard InChI is InChI=1S/C21H26N2O5S/c1-5-29(25,26)23(17-8-9-19-20(11-17)28-13-27-19)12-21(24)22-16(4)18-10-14(2)6-7-15(18)3/h6-11,16H,5,12-13H2,1-4H3,(H,22,24)/t16-/m0/s1. The minimum atomic E-state index is -3.67. The van der Waals surface area contributed by atoms with Gasteiger partial charge in [0.25, 0.3) is 0 Å². The largest absolute Gasteiger partial charge is 0.454 e. The van der Waals surface area contributed by atoms with Crippen LogP contribution < -0.4 is 19.1 Å². The predicted molar refractivity (Wildman–Crippen MR) is 112 cm³/mol. The summed E-state index contributed by atoms with van der Waals surface area (Å²) in [5, 5.41) is 2.91. The highest BCUT2D eigenvalue weighted by Gasteiger charge is 2.26. The van der Waals surface area contributed by atoms with E-state index in [1.807, 2.05) is 39.0 Å². The molecule has 0 aliphatic carbocycles. The van der Waals surface area contributed by atoms with Gasteiger partial charge in [0.1, 0.15) is 6.54 Å². The molecule has 1 atom stereocenters. The van der Waals surface area contributed by atoms with Crippen LogP contribution in [0.1, 0.15) is 36.6 Å². The smallest absolute Gasteiger partial charge is 0.241 e. The van der Waals surface area contributed by atoms with Gasteiger partial charge in [-0.2, -0.15) is 0 Å². The molecule has 0 fully saturated rings. The SMILES string of the molecule is CCS(=O)(=O)N(CC(=O)N[C@@H](C)c1cc(C)ccc1C)c1ccc2c(c1)OCO2. The number of nitrogens with zero attached hydrogens (tertiary/aromatic N) is 1. The second-order valence-corrected chi connectivity index (χ2v) is 9.28. The summed E-state index contributed by atoms with van der Waals surface area (Å²) in [5.74, 6) is 0.507. The number of sulfonamides is 1. The number of hydrogen-bond donors (Lipinski definition) is 1. The molecule has 0 aromatic heterocycles. The van der Waals surface area contributed by atoms with Crippen molar-refractivity contribution in [1.29, 1.82) is 0 Å². The van der Waals surface area contributed by atoms with E-state index in [2.05, 4.69) is 5.32 Å². The number of ether oxygens (including phenoxy) is 2. The van der Waals surface area contributed by atoms with E-state index < -0.39 is 10.0 Å². The Kier molecular flexibility index (Phi) is 6.02. The predicted octanol–water partition coefficient (Wildman–Crippen LogP) is 3.07. The first-order chi connectivity index (χ1) is 13.7.